The highest BCUT2D eigenvalue weighted by atomic mass is 28.4. The second kappa shape index (κ2) is 10.2. The van der Waals surface area contributed by atoms with Crippen LogP contribution in [0.1, 0.15) is 41.0 Å². The molecule has 20 heavy (non-hydrogen) atoms. The van der Waals surface area contributed by atoms with Crippen molar-refractivity contribution in [3.63, 3.8) is 0 Å². The Labute approximate surface area is 127 Å². The average molecular weight is 297 g/mol. The molecule has 0 aromatic heterocycles. The van der Waals surface area contributed by atoms with Crippen molar-refractivity contribution in [2.24, 2.45) is 5.92 Å². The van der Waals surface area contributed by atoms with Crippen LogP contribution in [0.15, 0.2) is 11.6 Å². The molecule has 0 saturated heterocycles. The van der Waals surface area contributed by atoms with Gasteiger partial charge in [0.25, 0.3) is 0 Å². The summed E-state index contributed by atoms with van der Waals surface area (Å²) in [4.78, 5) is 0. The molecule has 3 heteroatoms. The Morgan fingerprint density at radius 3 is 2.10 bits per heavy atom. The summed E-state index contributed by atoms with van der Waals surface area (Å²) in [5.74, 6) is 2.99. The fraction of sp³-hybridized carbons (Fsp3) is 0.765. The van der Waals surface area contributed by atoms with E-state index in [1.54, 1.807) is 7.11 Å². The normalized spacial score (nSPS) is 15.8. The lowest BCUT2D eigenvalue weighted by Crippen LogP contribution is -2.36. The van der Waals surface area contributed by atoms with Crippen molar-refractivity contribution in [3.05, 3.63) is 11.6 Å². The minimum absolute atomic E-state index is 0.138. The third kappa shape index (κ3) is 5.83. The molecule has 0 saturated carbocycles. The fourth-order valence-electron chi connectivity index (χ4n) is 2.52. The SMILES string of the molecule is C#C[C@H](OC)[C@H](/C=C(\C)CO[Si](CC)(CC)CC)CC. The summed E-state index contributed by atoms with van der Waals surface area (Å²) in [5.41, 5.74) is 1.27. The summed E-state index contributed by atoms with van der Waals surface area (Å²) < 4.78 is 11.7. The van der Waals surface area contributed by atoms with Crippen LogP contribution in [0.25, 0.3) is 0 Å². The van der Waals surface area contributed by atoms with Crippen molar-refractivity contribution in [2.45, 2.75) is 65.3 Å². The summed E-state index contributed by atoms with van der Waals surface area (Å²) in [6, 6.07) is 3.57. The number of ether oxygens (including phenoxy) is 1. The molecule has 2 atom stereocenters. The minimum atomic E-state index is -1.50. The summed E-state index contributed by atoms with van der Waals surface area (Å²) in [6.07, 6.45) is 8.59. The lowest BCUT2D eigenvalue weighted by atomic mass is 9.97. The maximum atomic E-state index is 6.31. The van der Waals surface area contributed by atoms with E-state index in [-0.39, 0.29) is 12.0 Å². The Bertz CT molecular complexity index is 318. The van der Waals surface area contributed by atoms with E-state index < -0.39 is 8.32 Å². The Kier molecular flexibility index (Phi) is 9.92. The molecule has 0 spiro atoms. The maximum absolute atomic E-state index is 6.31. The lowest BCUT2D eigenvalue weighted by Gasteiger charge is -2.28. The molecule has 0 N–H and O–H groups in total. The molecule has 0 aliphatic carbocycles. The highest BCUT2D eigenvalue weighted by Crippen LogP contribution is 2.23. The van der Waals surface area contributed by atoms with Crippen LogP contribution < -0.4 is 0 Å². The first-order valence-corrected chi connectivity index (χ1v) is 10.3. The minimum Gasteiger partial charge on any atom is -0.413 e. The van der Waals surface area contributed by atoms with Crippen LogP contribution in [0.3, 0.4) is 0 Å². The van der Waals surface area contributed by atoms with Gasteiger partial charge < -0.3 is 9.16 Å². The molecule has 0 fully saturated rings. The third-order valence-electron chi connectivity index (χ3n) is 4.32. The fourth-order valence-corrected chi connectivity index (χ4v) is 5.17. The monoisotopic (exact) mass is 296 g/mol. The topological polar surface area (TPSA) is 18.5 Å². The molecule has 0 bridgehead atoms. The average Bonchev–Trinajstić information content (AvgIpc) is 2.49. The Hall–Kier alpha value is -0.563. The first kappa shape index (κ1) is 19.4. The van der Waals surface area contributed by atoms with E-state index in [1.165, 1.54) is 23.7 Å². The van der Waals surface area contributed by atoms with Crippen molar-refractivity contribution in [1.82, 2.24) is 0 Å². The van der Waals surface area contributed by atoms with Crippen LogP contribution in [0, 0.1) is 18.3 Å². The summed E-state index contributed by atoms with van der Waals surface area (Å²) in [6.45, 7) is 11.8. The van der Waals surface area contributed by atoms with E-state index in [4.69, 9.17) is 15.6 Å². The first-order chi connectivity index (χ1) is 9.52. The molecule has 116 valence electrons. The van der Waals surface area contributed by atoms with Gasteiger partial charge in [0.1, 0.15) is 6.10 Å². The molecule has 0 aromatic rings. The molecule has 0 rings (SSSR count). The van der Waals surface area contributed by atoms with Gasteiger partial charge in [-0.1, -0.05) is 45.3 Å². The highest BCUT2D eigenvalue weighted by molar-refractivity contribution is 6.73. The molecule has 0 unspecified atom stereocenters. The van der Waals surface area contributed by atoms with Gasteiger partial charge in [0.2, 0.25) is 0 Å². The van der Waals surface area contributed by atoms with Gasteiger partial charge >= 0.3 is 0 Å². The molecule has 0 aliphatic heterocycles. The van der Waals surface area contributed by atoms with E-state index in [1.807, 2.05) is 0 Å². The second-order valence-corrected chi connectivity index (χ2v) is 10.2. The van der Waals surface area contributed by atoms with Crippen LogP contribution >= 0.6 is 0 Å². The Balaban J connectivity index is 4.69. The van der Waals surface area contributed by atoms with Gasteiger partial charge in [0.15, 0.2) is 8.32 Å². The molecule has 0 radical (unpaired) electrons. The molecular formula is C17H32O2Si. The van der Waals surface area contributed by atoms with Gasteiger partial charge in [-0.15, -0.1) is 6.42 Å². The maximum Gasteiger partial charge on any atom is 0.192 e. The quantitative estimate of drug-likeness (QED) is 0.332. The third-order valence-corrected chi connectivity index (χ3v) is 8.94. The van der Waals surface area contributed by atoms with E-state index >= 15 is 0 Å². The van der Waals surface area contributed by atoms with E-state index in [0.717, 1.165) is 13.0 Å². The van der Waals surface area contributed by atoms with Gasteiger partial charge in [0, 0.05) is 13.0 Å². The van der Waals surface area contributed by atoms with Crippen LogP contribution in [0.4, 0.5) is 0 Å². The molecular weight excluding hydrogens is 264 g/mol. The lowest BCUT2D eigenvalue weighted by molar-refractivity contribution is 0.112. The molecule has 0 heterocycles. The summed E-state index contributed by atoms with van der Waals surface area (Å²) in [5, 5.41) is 0. The van der Waals surface area contributed by atoms with Crippen molar-refractivity contribution in [2.75, 3.05) is 13.7 Å². The van der Waals surface area contributed by atoms with Crippen molar-refractivity contribution in [1.29, 1.82) is 0 Å². The van der Waals surface area contributed by atoms with Crippen LogP contribution in [0.5, 0.6) is 0 Å². The largest absolute Gasteiger partial charge is 0.413 e. The number of terminal acetylenes is 1. The molecule has 0 aliphatic rings. The molecule has 0 aromatic carbocycles. The van der Waals surface area contributed by atoms with Gasteiger partial charge in [-0.25, -0.2) is 0 Å². The molecule has 0 amide bonds. The summed E-state index contributed by atoms with van der Waals surface area (Å²) in [7, 11) is 0.179. The van der Waals surface area contributed by atoms with E-state index in [9.17, 15) is 0 Å². The number of hydrogen-bond acceptors (Lipinski definition) is 2. The predicted molar refractivity (Wildman–Crippen MR) is 90.3 cm³/mol. The standard InChI is InChI=1S/C17H32O2Si/c1-8-16(17(9-2)18-7)13-15(6)14-19-20(10-3,11-4)12-5/h2,13,16-17H,8,10-12,14H2,1,3-7H3/b15-13+/t16-,17-/m0/s1. The van der Waals surface area contributed by atoms with Crippen LogP contribution in [-0.4, -0.2) is 28.1 Å². The zero-order chi connectivity index (χ0) is 15.6. The number of hydrogen-bond donors (Lipinski definition) is 0. The smallest absolute Gasteiger partial charge is 0.192 e. The predicted octanol–water partition coefficient (Wildman–Crippen LogP) is 4.63. The zero-order valence-electron chi connectivity index (χ0n) is 14.2. The van der Waals surface area contributed by atoms with Gasteiger partial charge in [-0.05, 0) is 31.5 Å². The first-order valence-electron chi connectivity index (χ1n) is 7.82. The second-order valence-electron chi connectivity index (χ2n) is 5.44. The highest BCUT2D eigenvalue weighted by Gasteiger charge is 2.28. The van der Waals surface area contributed by atoms with Gasteiger partial charge in [-0.2, -0.15) is 0 Å². The Morgan fingerprint density at radius 2 is 1.75 bits per heavy atom. The zero-order valence-corrected chi connectivity index (χ0v) is 15.2. The van der Waals surface area contributed by atoms with Gasteiger partial charge in [0.05, 0.1) is 6.61 Å². The molecule has 2 nitrogen and oxygen atoms in total. The van der Waals surface area contributed by atoms with Crippen molar-refractivity contribution in [3.8, 4) is 12.3 Å². The Morgan fingerprint density at radius 1 is 1.20 bits per heavy atom. The number of rotatable bonds is 10. The van der Waals surface area contributed by atoms with Gasteiger partial charge in [-0.3, -0.25) is 0 Å². The van der Waals surface area contributed by atoms with Crippen LogP contribution in [0.2, 0.25) is 18.1 Å². The number of methoxy groups -OCH3 is 1. The van der Waals surface area contributed by atoms with Crippen molar-refractivity contribution >= 4 is 8.32 Å². The summed E-state index contributed by atoms with van der Waals surface area (Å²) >= 11 is 0. The van der Waals surface area contributed by atoms with E-state index in [2.05, 4.69) is 46.6 Å². The van der Waals surface area contributed by atoms with Crippen LogP contribution in [-0.2, 0) is 9.16 Å². The van der Waals surface area contributed by atoms with Crippen molar-refractivity contribution < 1.29 is 9.16 Å². The van der Waals surface area contributed by atoms with E-state index in [0.29, 0.717) is 0 Å².